The van der Waals surface area contributed by atoms with Crippen LogP contribution in [0.4, 0.5) is 4.79 Å². The second-order valence-corrected chi connectivity index (χ2v) is 9.10. The normalized spacial score (nSPS) is 17.7. The molecule has 1 heterocycles. The highest BCUT2D eigenvalue weighted by molar-refractivity contribution is 5.85. The van der Waals surface area contributed by atoms with Crippen molar-refractivity contribution in [1.82, 2.24) is 10.2 Å². The van der Waals surface area contributed by atoms with E-state index in [2.05, 4.69) is 29.6 Å². The second-order valence-electron chi connectivity index (χ2n) is 9.10. The molecule has 0 bridgehead atoms. The molecule has 0 spiro atoms. The Morgan fingerprint density at radius 3 is 2.35 bits per heavy atom. The number of carboxylic acid groups (broad SMARTS) is 1. The highest BCUT2D eigenvalue weighted by atomic mass is 16.5. The minimum Gasteiger partial charge on any atom is -0.480 e. The molecule has 4 rings (SSSR count). The minimum atomic E-state index is -0.972. The van der Waals surface area contributed by atoms with Gasteiger partial charge in [-0.3, -0.25) is 4.79 Å². The maximum atomic E-state index is 12.8. The first-order valence-corrected chi connectivity index (χ1v) is 12.1. The van der Waals surface area contributed by atoms with Crippen molar-refractivity contribution in [2.24, 2.45) is 0 Å². The molecule has 1 aliphatic carbocycles. The molecule has 2 aliphatic rings. The summed E-state index contributed by atoms with van der Waals surface area (Å²) in [4.78, 5) is 38.4. The number of hydrogen-bond acceptors (Lipinski definition) is 4. The van der Waals surface area contributed by atoms with Gasteiger partial charge in [0.2, 0.25) is 5.91 Å². The standard InChI is InChI=1S/C27H32N2O5/c1-2-3-9-18(16-25(30)29-15-8-14-24(29)26(31)32)28-27(33)34-17-23-21-12-6-4-10-19(21)20-11-5-7-13-22(20)23/h4-7,10-13,18,23-24H,2-3,8-9,14-17H2,1H3,(H,28,33)(H,31,32)/t18-,24-/m1/s1. The van der Waals surface area contributed by atoms with Gasteiger partial charge in [-0.1, -0.05) is 68.3 Å². The largest absolute Gasteiger partial charge is 0.480 e. The fourth-order valence-corrected chi connectivity index (χ4v) is 5.13. The first-order chi connectivity index (χ1) is 16.5. The molecule has 0 unspecified atom stereocenters. The number of ether oxygens (including phenoxy) is 1. The first kappa shape index (κ1) is 23.8. The Balaban J connectivity index is 1.38. The number of hydrogen-bond donors (Lipinski definition) is 2. The quantitative estimate of drug-likeness (QED) is 0.568. The van der Waals surface area contributed by atoms with E-state index in [1.165, 1.54) is 4.90 Å². The number of fused-ring (bicyclic) bond motifs is 3. The average Bonchev–Trinajstić information content (AvgIpc) is 3.45. The second kappa shape index (κ2) is 10.7. The van der Waals surface area contributed by atoms with Crippen molar-refractivity contribution >= 4 is 18.0 Å². The first-order valence-electron chi connectivity index (χ1n) is 12.1. The third-order valence-electron chi connectivity index (χ3n) is 6.85. The third kappa shape index (κ3) is 5.08. The molecule has 1 aliphatic heterocycles. The number of carbonyl (C=O) groups excluding carboxylic acids is 2. The topological polar surface area (TPSA) is 95.9 Å². The Kier molecular flexibility index (Phi) is 7.50. The molecule has 1 fully saturated rings. The molecule has 0 aromatic heterocycles. The summed E-state index contributed by atoms with van der Waals surface area (Å²) in [5.41, 5.74) is 4.61. The van der Waals surface area contributed by atoms with E-state index in [9.17, 15) is 19.5 Å². The lowest BCUT2D eigenvalue weighted by atomic mass is 9.98. The summed E-state index contributed by atoms with van der Waals surface area (Å²) >= 11 is 0. The van der Waals surface area contributed by atoms with Gasteiger partial charge in [0.1, 0.15) is 12.6 Å². The molecule has 2 aromatic carbocycles. The Labute approximate surface area is 200 Å². The van der Waals surface area contributed by atoms with Crippen molar-refractivity contribution in [3.05, 3.63) is 59.7 Å². The van der Waals surface area contributed by atoms with Crippen molar-refractivity contribution in [2.45, 2.75) is 63.5 Å². The molecule has 2 N–H and O–H groups in total. The third-order valence-corrected chi connectivity index (χ3v) is 6.85. The number of alkyl carbamates (subject to hydrolysis) is 1. The van der Waals surface area contributed by atoms with E-state index in [0.29, 0.717) is 25.8 Å². The number of aliphatic carboxylic acids is 1. The van der Waals surface area contributed by atoms with Crippen molar-refractivity contribution in [2.75, 3.05) is 13.2 Å². The summed E-state index contributed by atoms with van der Waals surface area (Å²) in [6, 6.07) is 15.2. The van der Waals surface area contributed by atoms with E-state index in [1.54, 1.807) is 0 Å². The lowest BCUT2D eigenvalue weighted by Gasteiger charge is -2.25. The maximum absolute atomic E-state index is 12.8. The van der Waals surface area contributed by atoms with Gasteiger partial charge in [0, 0.05) is 24.9 Å². The highest BCUT2D eigenvalue weighted by Crippen LogP contribution is 2.44. The van der Waals surface area contributed by atoms with Gasteiger partial charge in [-0.25, -0.2) is 9.59 Å². The number of benzene rings is 2. The van der Waals surface area contributed by atoms with Crippen LogP contribution in [-0.4, -0.2) is 53.2 Å². The van der Waals surface area contributed by atoms with Crippen LogP contribution < -0.4 is 5.32 Å². The number of rotatable bonds is 9. The van der Waals surface area contributed by atoms with Gasteiger partial charge in [-0.15, -0.1) is 0 Å². The van der Waals surface area contributed by atoms with Crippen molar-refractivity contribution < 1.29 is 24.2 Å². The summed E-state index contributed by atoms with van der Waals surface area (Å²) in [6.45, 7) is 2.70. The van der Waals surface area contributed by atoms with Crippen LogP contribution in [0.25, 0.3) is 11.1 Å². The summed E-state index contributed by atoms with van der Waals surface area (Å²) in [7, 11) is 0. The molecule has 1 saturated heterocycles. The van der Waals surface area contributed by atoms with Crippen molar-refractivity contribution in [3.63, 3.8) is 0 Å². The van der Waals surface area contributed by atoms with Gasteiger partial charge in [-0.05, 0) is 41.5 Å². The van der Waals surface area contributed by atoms with Crippen LogP contribution in [-0.2, 0) is 14.3 Å². The van der Waals surface area contributed by atoms with Gasteiger partial charge in [0.25, 0.3) is 0 Å². The molecule has 2 atom stereocenters. The molecule has 2 aromatic rings. The smallest absolute Gasteiger partial charge is 0.407 e. The zero-order chi connectivity index (χ0) is 24.1. The van der Waals surface area contributed by atoms with Crippen LogP contribution in [0.1, 0.15) is 62.5 Å². The highest BCUT2D eigenvalue weighted by Gasteiger charge is 2.35. The SMILES string of the molecule is CCCC[C@H](CC(=O)N1CCC[C@@H]1C(=O)O)NC(=O)OCC1c2ccccc2-c2ccccc21. The van der Waals surface area contributed by atoms with Crippen LogP contribution in [0.5, 0.6) is 0 Å². The van der Waals surface area contributed by atoms with E-state index in [-0.39, 0.29) is 24.9 Å². The van der Waals surface area contributed by atoms with E-state index >= 15 is 0 Å². The number of carboxylic acids is 1. The van der Waals surface area contributed by atoms with Crippen molar-refractivity contribution in [1.29, 1.82) is 0 Å². The molecule has 180 valence electrons. The van der Waals surface area contributed by atoms with E-state index in [1.807, 2.05) is 31.2 Å². The summed E-state index contributed by atoms with van der Waals surface area (Å²) in [5, 5.41) is 12.2. The van der Waals surface area contributed by atoms with Gasteiger partial charge in [0.05, 0.1) is 0 Å². The van der Waals surface area contributed by atoms with Crippen LogP contribution >= 0.6 is 0 Å². The Bertz CT molecular complexity index is 1010. The van der Waals surface area contributed by atoms with Crippen LogP contribution in [0.15, 0.2) is 48.5 Å². The number of carbonyl (C=O) groups is 3. The van der Waals surface area contributed by atoms with Gasteiger partial charge >= 0.3 is 12.1 Å². The number of likely N-dealkylation sites (tertiary alicyclic amines) is 1. The van der Waals surface area contributed by atoms with Crippen LogP contribution in [0, 0.1) is 0 Å². The molecule has 0 radical (unpaired) electrons. The predicted octanol–water partition coefficient (Wildman–Crippen LogP) is 4.55. The molecule has 34 heavy (non-hydrogen) atoms. The molecule has 0 saturated carbocycles. The molecule has 7 nitrogen and oxygen atoms in total. The molecular formula is C27H32N2O5. The summed E-state index contributed by atoms with van der Waals surface area (Å²) < 4.78 is 5.65. The predicted molar refractivity (Wildman–Crippen MR) is 129 cm³/mol. The van der Waals surface area contributed by atoms with Gasteiger partial charge in [-0.2, -0.15) is 0 Å². The Hall–Kier alpha value is -3.35. The number of amides is 2. The number of nitrogens with zero attached hydrogens (tertiary/aromatic N) is 1. The lowest BCUT2D eigenvalue weighted by Crippen LogP contribution is -2.45. The molecular weight excluding hydrogens is 432 g/mol. The Morgan fingerprint density at radius 2 is 1.74 bits per heavy atom. The maximum Gasteiger partial charge on any atom is 0.407 e. The van der Waals surface area contributed by atoms with Crippen molar-refractivity contribution in [3.8, 4) is 11.1 Å². The Morgan fingerprint density at radius 1 is 1.09 bits per heavy atom. The van der Waals surface area contributed by atoms with E-state index in [0.717, 1.165) is 35.1 Å². The zero-order valence-corrected chi connectivity index (χ0v) is 19.5. The van der Waals surface area contributed by atoms with E-state index < -0.39 is 24.1 Å². The number of unbranched alkanes of at least 4 members (excludes halogenated alkanes) is 1. The summed E-state index contributed by atoms with van der Waals surface area (Å²) in [5.74, 6) is -1.24. The van der Waals surface area contributed by atoms with Crippen LogP contribution in [0.2, 0.25) is 0 Å². The summed E-state index contributed by atoms with van der Waals surface area (Å²) in [6.07, 6.45) is 3.10. The lowest BCUT2D eigenvalue weighted by molar-refractivity contribution is -0.148. The van der Waals surface area contributed by atoms with Gasteiger partial charge in [0.15, 0.2) is 0 Å². The fourth-order valence-electron chi connectivity index (χ4n) is 5.13. The fraction of sp³-hybridized carbons (Fsp3) is 0.444. The van der Waals surface area contributed by atoms with Crippen LogP contribution in [0.3, 0.4) is 0 Å². The zero-order valence-electron chi connectivity index (χ0n) is 19.5. The molecule has 2 amide bonds. The van der Waals surface area contributed by atoms with E-state index in [4.69, 9.17) is 4.74 Å². The minimum absolute atomic E-state index is 0.0326. The molecule has 7 heteroatoms. The average molecular weight is 465 g/mol. The van der Waals surface area contributed by atoms with Gasteiger partial charge < -0.3 is 20.1 Å². The number of nitrogens with one attached hydrogen (secondary N) is 1. The monoisotopic (exact) mass is 464 g/mol.